The Balaban J connectivity index is 1.36. The number of carbonyl (C=O) groups excluding carboxylic acids is 1. The van der Waals surface area contributed by atoms with E-state index in [2.05, 4.69) is 35.4 Å². The van der Waals surface area contributed by atoms with Crippen LogP contribution in [0.4, 0.5) is 0 Å². The van der Waals surface area contributed by atoms with Gasteiger partial charge in [0.25, 0.3) is 5.91 Å². The molecule has 0 saturated carbocycles. The lowest BCUT2D eigenvalue weighted by atomic mass is 9.90. The van der Waals surface area contributed by atoms with Gasteiger partial charge < -0.3 is 9.80 Å². The third-order valence-electron chi connectivity index (χ3n) is 5.30. The molecule has 3 nitrogen and oxygen atoms in total. The summed E-state index contributed by atoms with van der Waals surface area (Å²) in [5, 5.41) is 2.15. The maximum absolute atomic E-state index is 12.9. The molecule has 1 amide bonds. The second-order valence-corrected chi connectivity index (χ2v) is 9.37. The predicted molar refractivity (Wildman–Crippen MR) is 100 cm³/mol. The van der Waals surface area contributed by atoms with E-state index in [1.165, 1.54) is 21.7 Å². The Labute approximate surface area is 151 Å². The van der Waals surface area contributed by atoms with Crippen molar-refractivity contribution in [3.8, 4) is 0 Å². The van der Waals surface area contributed by atoms with Crippen LogP contribution >= 0.6 is 22.7 Å². The third kappa shape index (κ3) is 3.44. The number of nitrogens with zero attached hydrogens (tertiary/aromatic N) is 1. The summed E-state index contributed by atoms with van der Waals surface area (Å²) in [6.45, 7) is 7.32. The number of piperazine rings is 1. The van der Waals surface area contributed by atoms with E-state index < -0.39 is 0 Å². The number of aryl methyl sites for hydroxylation is 1. The van der Waals surface area contributed by atoms with E-state index in [1.54, 1.807) is 16.2 Å². The molecular formula is C19H25N2OS2+. The van der Waals surface area contributed by atoms with Crippen LogP contribution in [0.5, 0.6) is 0 Å². The van der Waals surface area contributed by atoms with Gasteiger partial charge >= 0.3 is 0 Å². The van der Waals surface area contributed by atoms with Gasteiger partial charge in [-0.05, 0) is 48.3 Å². The van der Waals surface area contributed by atoms with Crippen molar-refractivity contribution in [1.82, 2.24) is 4.90 Å². The van der Waals surface area contributed by atoms with Crippen molar-refractivity contribution in [2.75, 3.05) is 26.2 Å². The number of thiophene rings is 2. The van der Waals surface area contributed by atoms with Crippen LogP contribution in [0.3, 0.4) is 0 Å². The van der Waals surface area contributed by atoms with Crippen molar-refractivity contribution in [1.29, 1.82) is 0 Å². The number of amides is 1. The van der Waals surface area contributed by atoms with Crippen molar-refractivity contribution in [2.24, 2.45) is 5.92 Å². The van der Waals surface area contributed by atoms with Crippen LogP contribution in [-0.4, -0.2) is 37.0 Å². The molecule has 0 unspecified atom stereocenters. The standard InChI is InChI=1S/C19H24N2OS2/c1-14-4-5-17-15(11-14)12-18(24-17)19(22)21-8-6-20(7-9-21)13-16-3-2-10-23-16/h2-3,10,12,14H,4-9,11,13H2,1H3/p+1/t14-/m0/s1. The molecule has 0 radical (unpaired) electrons. The third-order valence-corrected chi connectivity index (χ3v) is 7.40. The molecule has 2 aliphatic rings. The molecule has 1 saturated heterocycles. The summed E-state index contributed by atoms with van der Waals surface area (Å²) < 4.78 is 0. The lowest BCUT2D eigenvalue weighted by molar-refractivity contribution is -0.917. The Morgan fingerprint density at radius 2 is 2.21 bits per heavy atom. The zero-order valence-corrected chi connectivity index (χ0v) is 15.8. The van der Waals surface area contributed by atoms with E-state index in [0.29, 0.717) is 0 Å². The Hall–Kier alpha value is -1.17. The van der Waals surface area contributed by atoms with Gasteiger partial charge in [0.05, 0.1) is 35.9 Å². The number of quaternary nitrogens is 1. The van der Waals surface area contributed by atoms with Crippen molar-refractivity contribution in [2.45, 2.75) is 32.7 Å². The van der Waals surface area contributed by atoms with Gasteiger partial charge in [-0.2, -0.15) is 0 Å². The number of nitrogens with one attached hydrogen (secondary N) is 1. The highest BCUT2D eigenvalue weighted by Crippen LogP contribution is 2.32. The van der Waals surface area contributed by atoms with E-state index in [1.807, 2.05) is 11.3 Å². The van der Waals surface area contributed by atoms with Crippen LogP contribution in [-0.2, 0) is 19.4 Å². The maximum Gasteiger partial charge on any atom is 0.264 e. The molecule has 2 aromatic rings. The van der Waals surface area contributed by atoms with Gasteiger partial charge in [-0.25, -0.2) is 0 Å². The van der Waals surface area contributed by atoms with Gasteiger partial charge in [0, 0.05) is 4.88 Å². The summed E-state index contributed by atoms with van der Waals surface area (Å²) in [6, 6.07) is 6.52. The lowest BCUT2D eigenvalue weighted by Gasteiger charge is -2.31. The molecule has 24 heavy (non-hydrogen) atoms. The molecule has 0 spiro atoms. The molecule has 1 aliphatic carbocycles. The van der Waals surface area contributed by atoms with Crippen LogP contribution in [0, 0.1) is 5.92 Å². The summed E-state index contributed by atoms with van der Waals surface area (Å²) >= 11 is 3.58. The predicted octanol–water partition coefficient (Wildman–Crippen LogP) is 2.48. The van der Waals surface area contributed by atoms with Crippen molar-refractivity contribution in [3.63, 3.8) is 0 Å². The Morgan fingerprint density at radius 3 is 2.96 bits per heavy atom. The fraction of sp³-hybridized carbons (Fsp3) is 0.526. The SMILES string of the molecule is C[C@H]1CCc2sc(C(=O)N3CC[NH+](Cc4cccs4)CC3)cc2C1. The highest BCUT2D eigenvalue weighted by molar-refractivity contribution is 7.14. The zero-order chi connectivity index (χ0) is 16.5. The van der Waals surface area contributed by atoms with E-state index in [0.717, 1.165) is 56.4 Å². The molecule has 0 aromatic carbocycles. The lowest BCUT2D eigenvalue weighted by Crippen LogP contribution is -3.13. The van der Waals surface area contributed by atoms with Crippen molar-refractivity contribution in [3.05, 3.63) is 43.8 Å². The average molecular weight is 362 g/mol. The molecule has 5 heteroatoms. The number of rotatable bonds is 3. The number of carbonyl (C=O) groups is 1. The van der Waals surface area contributed by atoms with Crippen LogP contribution in [0.15, 0.2) is 23.6 Å². The Kier molecular flexibility index (Phi) is 4.74. The largest absolute Gasteiger partial charge is 0.328 e. The second-order valence-electron chi connectivity index (χ2n) is 7.21. The van der Waals surface area contributed by atoms with E-state index in [9.17, 15) is 4.79 Å². The van der Waals surface area contributed by atoms with Gasteiger partial charge in [-0.1, -0.05) is 13.0 Å². The first kappa shape index (κ1) is 16.3. The van der Waals surface area contributed by atoms with Crippen LogP contribution < -0.4 is 4.90 Å². The maximum atomic E-state index is 12.9. The van der Waals surface area contributed by atoms with Crippen LogP contribution in [0.25, 0.3) is 0 Å². The van der Waals surface area contributed by atoms with Crippen LogP contribution in [0.2, 0.25) is 0 Å². The molecule has 1 fully saturated rings. The van der Waals surface area contributed by atoms with Gasteiger partial charge in [0.15, 0.2) is 0 Å². The molecule has 0 bridgehead atoms. The van der Waals surface area contributed by atoms with Crippen LogP contribution in [0.1, 0.15) is 38.3 Å². The minimum absolute atomic E-state index is 0.261. The second kappa shape index (κ2) is 6.98. The Bertz CT molecular complexity index is 699. The average Bonchev–Trinajstić information content (AvgIpc) is 3.24. The highest BCUT2D eigenvalue weighted by atomic mass is 32.1. The molecule has 1 N–H and O–H groups in total. The molecule has 3 heterocycles. The quantitative estimate of drug-likeness (QED) is 0.893. The molecule has 1 atom stereocenters. The fourth-order valence-electron chi connectivity index (χ4n) is 3.83. The first-order valence-corrected chi connectivity index (χ1v) is 10.7. The first-order chi connectivity index (χ1) is 11.7. The van der Waals surface area contributed by atoms with Gasteiger partial charge in [0.2, 0.25) is 0 Å². The van der Waals surface area contributed by atoms with Gasteiger partial charge in [0.1, 0.15) is 6.54 Å². The normalized spacial score (nSPS) is 21.7. The summed E-state index contributed by atoms with van der Waals surface area (Å²) in [4.78, 5) is 20.4. The highest BCUT2D eigenvalue weighted by Gasteiger charge is 2.27. The van der Waals surface area contributed by atoms with E-state index in [4.69, 9.17) is 0 Å². The van der Waals surface area contributed by atoms with Crippen molar-refractivity contribution < 1.29 is 9.69 Å². The van der Waals surface area contributed by atoms with Gasteiger partial charge in [-0.3, -0.25) is 4.79 Å². The minimum atomic E-state index is 0.261. The minimum Gasteiger partial charge on any atom is -0.328 e. The van der Waals surface area contributed by atoms with Gasteiger partial charge in [-0.15, -0.1) is 22.7 Å². The van der Waals surface area contributed by atoms with Crippen molar-refractivity contribution >= 4 is 28.6 Å². The molecule has 4 rings (SSSR count). The fourth-order valence-corrected chi connectivity index (χ4v) is 5.78. The van der Waals surface area contributed by atoms with E-state index >= 15 is 0 Å². The Morgan fingerprint density at radius 1 is 1.38 bits per heavy atom. The molecule has 1 aliphatic heterocycles. The molecule has 128 valence electrons. The summed E-state index contributed by atoms with van der Waals surface area (Å²) in [5.74, 6) is 1.02. The summed E-state index contributed by atoms with van der Waals surface area (Å²) in [5.41, 5.74) is 1.43. The number of hydrogen-bond acceptors (Lipinski definition) is 3. The molecule has 2 aromatic heterocycles. The topological polar surface area (TPSA) is 24.8 Å². The first-order valence-electron chi connectivity index (χ1n) is 8.96. The smallest absolute Gasteiger partial charge is 0.264 e. The zero-order valence-electron chi connectivity index (χ0n) is 14.2. The van der Waals surface area contributed by atoms with E-state index in [-0.39, 0.29) is 5.91 Å². The molecular weight excluding hydrogens is 336 g/mol. The number of fused-ring (bicyclic) bond motifs is 1. The summed E-state index contributed by atoms with van der Waals surface area (Å²) in [7, 11) is 0. The number of hydrogen-bond donors (Lipinski definition) is 1. The summed E-state index contributed by atoms with van der Waals surface area (Å²) in [6.07, 6.45) is 3.58. The monoisotopic (exact) mass is 361 g/mol.